The van der Waals surface area contributed by atoms with Crippen LogP contribution in [0.1, 0.15) is 67.7 Å². The average Bonchev–Trinajstić information content (AvgIpc) is 2.89. The Morgan fingerprint density at radius 2 is 1.77 bits per heavy atom. The number of carbonyl (C=O) groups is 1. The fourth-order valence-corrected chi connectivity index (χ4v) is 11.9. The molecule has 1 heterocycles. The minimum Gasteiger partial charge on any atom is -0.412 e. The van der Waals surface area contributed by atoms with Crippen molar-refractivity contribution in [3.63, 3.8) is 0 Å². The van der Waals surface area contributed by atoms with Gasteiger partial charge in [0.25, 0.3) is 0 Å². The Hall–Kier alpha value is -0.713. The molecular formula is C22H36O3Si. The van der Waals surface area contributed by atoms with Crippen LogP contribution in [0, 0.1) is 5.41 Å². The molecule has 146 valence electrons. The zero-order valence-electron chi connectivity index (χ0n) is 17.6. The fraction of sp³-hybridized carbons (Fsp3) is 0.773. The zero-order chi connectivity index (χ0) is 19.3. The molecule has 0 N–H and O–H groups in total. The summed E-state index contributed by atoms with van der Waals surface area (Å²) in [6.07, 6.45) is 8.64. The van der Waals surface area contributed by atoms with Crippen LogP contribution in [0.4, 0.5) is 0 Å². The van der Waals surface area contributed by atoms with Crippen molar-refractivity contribution in [2.75, 3.05) is 6.61 Å². The lowest BCUT2D eigenvalue weighted by Gasteiger charge is -2.55. The van der Waals surface area contributed by atoms with Crippen molar-refractivity contribution in [3.05, 3.63) is 23.8 Å². The number of hydrogen-bond acceptors (Lipinski definition) is 3. The number of carbonyl (C=O) groups excluding carboxylic acids is 1. The summed E-state index contributed by atoms with van der Waals surface area (Å²) in [6, 6.07) is 0. The highest BCUT2D eigenvalue weighted by molar-refractivity contribution is 6.77. The largest absolute Gasteiger partial charge is 0.412 e. The number of hydrogen-bond donors (Lipinski definition) is 0. The molecule has 2 aliphatic carbocycles. The summed E-state index contributed by atoms with van der Waals surface area (Å²) in [7, 11) is -1.96. The van der Waals surface area contributed by atoms with E-state index < -0.39 is 13.9 Å². The first-order valence-electron chi connectivity index (χ1n) is 10.4. The molecule has 0 amide bonds. The van der Waals surface area contributed by atoms with Crippen molar-refractivity contribution in [2.45, 2.75) is 96.1 Å². The van der Waals surface area contributed by atoms with E-state index in [4.69, 9.17) is 9.16 Å². The summed E-state index contributed by atoms with van der Waals surface area (Å²) in [5.41, 5.74) is 2.36. The van der Waals surface area contributed by atoms with Gasteiger partial charge in [0.1, 0.15) is 5.60 Å². The predicted molar refractivity (Wildman–Crippen MR) is 109 cm³/mol. The van der Waals surface area contributed by atoms with Crippen LogP contribution in [-0.2, 0) is 14.0 Å². The lowest BCUT2D eigenvalue weighted by Crippen LogP contribution is -2.60. The maximum absolute atomic E-state index is 11.9. The maximum Gasteiger partial charge on any atom is 0.200 e. The van der Waals surface area contributed by atoms with E-state index in [2.05, 4.69) is 48.5 Å². The lowest BCUT2D eigenvalue weighted by molar-refractivity contribution is -0.112. The van der Waals surface area contributed by atoms with E-state index in [1.807, 2.05) is 12.2 Å². The van der Waals surface area contributed by atoms with Gasteiger partial charge in [-0.25, -0.2) is 0 Å². The third kappa shape index (κ3) is 2.63. The van der Waals surface area contributed by atoms with E-state index in [-0.39, 0.29) is 17.3 Å². The van der Waals surface area contributed by atoms with Crippen molar-refractivity contribution in [2.24, 2.45) is 5.41 Å². The van der Waals surface area contributed by atoms with Gasteiger partial charge in [-0.1, -0.05) is 48.5 Å². The molecule has 26 heavy (non-hydrogen) atoms. The van der Waals surface area contributed by atoms with Crippen LogP contribution >= 0.6 is 0 Å². The molecule has 0 bridgehead atoms. The van der Waals surface area contributed by atoms with Gasteiger partial charge in [-0.3, -0.25) is 4.79 Å². The number of ketones is 1. The Balaban J connectivity index is 2.01. The van der Waals surface area contributed by atoms with Crippen LogP contribution in [0.15, 0.2) is 23.8 Å². The number of ether oxygens (including phenoxy) is 1. The van der Waals surface area contributed by atoms with Gasteiger partial charge >= 0.3 is 0 Å². The molecule has 1 spiro atoms. The average molecular weight is 377 g/mol. The van der Waals surface area contributed by atoms with Crippen molar-refractivity contribution in [1.82, 2.24) is 0 Å². The van der Waals surface area contributed by atoms with Crippen LogP contribution in [-0.4, -0.2) is 32.4 Å². The first kappa shape index (κ1) is 20.0. The summed E-state index contributed by atoms with van der Waals surface area (Å²) < 4.78 is 13.6. The van der Waals surface area contributed by atoms with Crippen LogP contribution < -0.4 is 0 Å². The normalized spacial score (nSPS) is 34.5. The Labute approximate surface area is 160 Å². The van der Waals surface area contributed by atoms with Gasteiger partial charge in [-0.05, 0) is 59.7 Å². The highest BCUT2D eigenvalue weighted by Gasteiger charge is 2.63. The molecule has 1 saturated heterocycles. The van der Waals surface area contributed by atoms with Gasteiger partial charge in [-0.15, -0.1) is 0 Å². The second-order valence-corrected chi connectivity index (χ2v) is 15.0. The smallest absolute Gasteiger partial charge is 0.200 e. The van der Waals surface area contributed by atoms with E-state index in [1.165, 1.54) is 0 Å². The Kier molecular flexibility index (Phi) is 5.17. The molecule has 3 atom stereocenters. The predicted octanol–water partition coefficient (Wildman–Crippen LogP) is 5.57. The molecule has 1 aliphatic heterocycles. The van der Waals surface area contributed by atoms with Crippen LogP contribution in [0.5, 0.6) is 0 Å². The van der Waals surface area contributed by atoms with Crippen molar-refractivity contribution in [1.29, 1.82) is 0 Å². The Morgan fingerprint density at radius 3 is 2.35 bits per heavy atom. The maximum atomic E-state index is 11.9. The second kappa shape index (κ2) is 6.71. The van der Waals surface area contributed by atoms with Crippen LogP contribution in [0.3, 0.4) is 0 Å². The zero-order valence-corrected chi connectivity index (χ0v) is 18.6. The second-order valence-electron chi connectivity index (χ2n) is 9.62. The number of rotatable bonds is 5. The van der Waals surface area contributed by atoms with E-state index in [9.17, 15) is 4.79 Å². The van der Waals surface area contributed by atoms with Crippen molar-refractivity contribution >= 4 is 14.1 Å². The van der Waals surface area contributed by atoms with Crippen molar-refractivity contribution in [3.8, 4) is 0 Å². The molecular weight excluding hydrogens is 340 g/mol. The first-order valence-corrected chi connectivity index (χ1v) is 12.5. The van der Waals surface area contributed by atoms with E-state index >= 15 is 0 Å². The van der Waals surface area contributed by atoms with Gasteiger partial charge in [0.2, 0.25) is 8.32 Å². The van der Waals surface area contributed by atoms with Crippen LogP contribution in [0.2, 0.25) is 16.6 Å². The highest BCUT2D eigenvalue weighted by Crippen LogP contribution is 2.59. The van der Waals surface area contributed by atoms with E-state index in [0.29, 0.717) is 16.6 Å². The standard InChI is InChI=1S/C22H36O3Si/c1-15(2)26(16(3)4,17(5)6)25-20-9-8-18-14-19(23)10-11-22(18)21(20,7)12-13-24-22/h10-11,14-17,20H,8-9,12-13H2,1-7H3/t20-,21+,22-/m0/s1. The SMILES string of the molecule is CC(C)[Si](O[C@H]1CCC2=CC(=O)C=C[C@]23OCC[C@]13C)(C(C)C)C(C)C. The third-order valence-electron chi connectivity index (χ3n) is 7.52. The summed E-state index contributed by atoms with van der Waals surface area (Å²) in [6.45, 7) is 17.2. The molecule has 0 aromatic carbocycles. The molecule has 4 heteroatoms. The molecule has 0 unspecified atom stereocenters. The first-order chi connectivity index (χ1) is 12.1. The fourth-order valence-electron chi connectivity index (χ4n) is 6.21. The molecule has 3 aliphatic rings. The summed E-state index contributed by atoms with van der Waals surface area (Å²) >= 11 is 0. The molecule has 1 saturated carbocycles. The summed E-state index contributed by atoms with van der Waals surface area (Å²) in [5, 5.41) is 0. The molecule has 0 radical (unpaired) electrons. The monoisotopic (exact) mass is 376 g/mol. The topological polar surface area (TPSA) is 35.5 Å². The highest BCUT2D eigenvalue weighted by atomic mass is 28.4. The molecule has 0 aromatic heterocycles. The van der Waals surface area contributed by atoms with Gasteiger partial charge in [0.05, 0.1) is 6.10 Å². The molecule has 3 rings (SSSR count). The molecule has 3 nitrogen and oxygen atoms in total. The van der Waals surface area contributed by atoms with Gasteiger partial charge < -0.3 is 9.16 Å². The summed E-state index contributed by atoms with van der Waals surface area (Å²) in [4.78, 5) is 11.9. The summed E-state index contributed by atoms with van der Waals surface area (Å²) in [5.74, 6) is 0.0955. The minimum atomic E-state index is -1.96. The van der Waals surface area contributed by atoms with E-state index in [0.717, 1.165) is 31.4 Å². The minimum absolute atomic E-state index is 0.0921. The van der Waals surface area contributed by atoms with Gasteiger partial charge in [0, 0.05) is 12.0 Å². The molecule has 2 fully saturated rings. The third-order valence-corrected chi connectivity index (χ3v) is 13.6. The number of allylic oxidation sites excluding steroid dienone is 2. The van der Waals surface area contributed by atoms with Crippen molar-refractivity contribution < 1.29 is 14.0 Å². The van der Waals surface area contributed by atoms with Gasteiger partial charge in [-0.2, -0.15) is 0 Å². The van der Waals surface area contributed by atoms with Crippen LogP contribution in [0.25, 0.3) is 0 Å². The molecule has 0 aromatic rings. The van der Waals surface area contributed by atoms with E-state index in [1.54, 1.807) is 6.08 Å². The lowest BCUT2D eigenvalue weighted by atomic mass is 9.59. The Morgan fingerprint density at radius 1 is 1.15 bits per heavy atom. The quantitative estimate of drug-likeness (QED) is 0.588. The Bertz CT molecular complexity index is 612. The van der Waals surface area contributed by atoms with Gasteiger partial charge in [0.15, 0.2) is 5.78 Å².